The minimum atomic E-state index is -0.294. The minimum absolute atomic E-state index is 0. The number of nitrogens with one attached hydrogen (secondary N) is 3. The first-order valence-electron chi connectivity index (χ1n) is 10.5. The Labute approximate surface area is 178 Å². The fourth-order valence-corrected chi connectivity index (χ4v) is 4.27. The van der Waals surface area contributed by atoms with Crippen molar-refractivity contribution in [3.63, 3.8) is 0 Å². The predicted octanol–water partition coefficient (Wildman–Crippen LogP) is 4.08. The van der Waals surface area contributed by atoms with Gasteiger partial charge in [-0.1, -0.05) is 32.0 Å². The summed E-state index contributed by atoms with van der Waals surface area (Å²) in [4.78, 5) is 12.1. The largest absolute Gasteiger partial charge is 0.393 e. The smallest absolute Gasteiger partial charge is 0.224 e. The van der Waals surface area contributed by atoms with Crippen LogP contribution in [0.4, 0.5) is 11.8 Å². The fraction of sp³-hybridized carbons (Fsp3) is 0.435. The summed E-state index contributed by atoms with van der Waals surface area (Å²) in [7, 11) is 0. The summed E-state index contributed by atoms with van der Waals surface area (Å²) in [5.74, 6) is 1.06. The van der Waals surface area contributed by atoms with Crippen LogP contribution in [0.15, 0.2) is 36.7 Å². The highest BCUT2D eigenvalue weighted by Crippen LogP contribution is 2.37. The lowest BCUT2D eigenvalue weighted by Crippen LogP contribution is -2.41. The standard InChI is InChI=1S/C23H28N6O.H2/c1-23(2)12-18(6-7-19(23)30)28-21-17(13-24)14-27-22(29-21)26-11-9-16-5-3-4-15-8-10-25-20(15)16;/h3-5,8,10,14,18-19,25,30H,6-7,9,11-12H2,1-2H3,(H2,26,27,28,29);1H/t18-,19?;/m1./s1. The van der Waals surface area contributed by atoms with E-state index in [9.17, 15) is 10.4 Å². The molecular weight excluding hydrogens is 376 g/mol. The summed E-state index contributed by atoms with van der Waals surface area (Å²) in [6.07, 6.45) is 6.47. The van der Waals surface area contributed by atoms with Gasteiger partial charge < -0.3 is 20.7 Å². The maximum absolute atomic E-state index is 10.2. The average Bonchev–Trinajstić information content (AvgIpc) is 3.21. The second-order valence-electron chi connectivity index (χ2n) is 8.73. The molecule has 0 spiro atoms. The van der Waals surface area contributed by atoms with Crippen LogP contribution in [0.2, 0.25) is 0 Å². The average molecular weight is 407 g/mol. The molecule has 1 aliphatic carbocycles. The zero-order chi connectivity index (χ0) is 21.1. The third kappa shape index (κ3) is 4.24. The third-order valence-electron chi connectivity index (χ3n) is 6.06. The Bertz CT molecular complexity index is 1070. The lowest BCUT2D eigenvalue weighted by Gasteiger charge is -2.40. The molecule has 0 amide bonds. The number of aromatic nitrogens is 3. The van der Waals surface area contributed by atoms with E-state index in [1.54, 1.807) is 6.20 Å². The highest BCUT2D eigenvalue weighted by atomic mass is 16.3. The van der Waals surface area contributed by atoms with Crippen LogP contribution in [0.5, 0.6) is 0 Å². The molecule has 0 aliphatic heterocycles. The minimum Gasteiger partial charge on any atom is -0.393 e. The summed E-state index contributed by atoms with van der Waals surface area (Å²) in [5, 5.41) is 27.5. The SMILES string of the molecule is CC1(C)C[C@H](Nc2nc(NCCc3cccc4cc[nH]c34)ncc2C#N)CCC1O.[HH]. The number of benzene rings is 1. The van der Waals surface area contributed by atoms with E-state index in [0.29, 0.717) is 23.9 Å². The Balaban J connectivity index is 0.00000272. The maximum atomic E-state index is 10.2. The Morgan fingerprint density at radius 2 is 2.20 bits per heavy atom. The molecular formula is C23H30N6O. The van der Waals surface area contributed by atoms with Crippen molar-refractivity contribution < 1.29 is 6.53 Å². The molecule has 0 radical (unpaired) electrons. The van der Waals surface area contributed by atoms with E-state index in [4.69, 9.17) is 0 Å². The molecule has 0 bridgehead atoms. The molecule has 2 aromatic heterocycles. The topological polar surface area (TPSA) is 110 Å². The van der Waals surface area contributed by atoms with Crippen LogP contribution in [0.3, 0.4) is 0 Å². The summed E-state index contributed by atoms with van der Waals surface area (Å²) in [6.45, 7) is 4.84. The summed E-state index contributed by atoms with van der Waals surface area (Å²) in [5.41, 5.74) is 2.67. The van der Waals surface area contributed by atoms with Crippen LogP contribution in [0.1, 0.15) is 45.7 Å². The van der Waals surface area contributed by atoms with Gasteiger partial charge in [-0.2, -0.15) is 10.2 Å². The van der Waals surface area contributed by atoms with Crippen molar-refractivity contribution in [1.82, 2.24) is 15.0 Å². The quantitative estimate of drug-likeness (QED) is 0.491. The van der Waals surface area contributed by atoms with Gasteiger partial charge in [0.15, 0.2) is 0 Å². The van der Waals surface area contributed by atoms with Gasteiger partial charge in [0.1, 0.15) is 17.5 Å². The van der Waals surface area contributed by atoms with Gasteiger partial charge in [0.25, 0.3) is 0 Å². The molecule has 7 heteroatoms. The normalized spacial score (nSPS) is 20.6. The van der Waals surface area contributed by atoms with Crippen molar-refractivity contribution in [1.29, 1.82) is 5.26 Å². The van der Waals surface area contributed by atoms with Crippen LogP contribution in [0.25, 0.3) is 10.9 Å². The summed E-state index contributed by atoms with van der Waals surface area (Å²) >= 11 is 0. The Morgan fingerprint density at radius 1 is 1.33 bits per heavy atom. The molecule has 4 N–H and O–H groups in total. The first-order chi connectivity index (χ1) is 14.5. The van der Waals surface area contributed by atoms with Gasteiger partial charge >= 0.3 is 0 Å². The van der Waals surface area contributed by atoms with E-state index in [2.05, 4.69) is 69.8 Å². The number of anilines is 2. The number of aromatic amines is 1. The molecule has 158 valence electrons. The van der Waals surface area contributed by atoms with Crippen molar-refractivity contribution >= 4 is 22.7 Å². The lowest BCUT2D eigenvalue weighted by molar-refractivity contribution is 0.00926. The van der Waals surface area contributed by atoms with E-state index >= 15 is 0 Å². The molecule has 1 unspecified atom stereocenters. The Hall–Kier alpha value is -3.11. The molecule has 7 nitrogen and oxygen atoms in total. The molecule has 1 aromatic carbocycles. The first kappa shape index (κ1) is 20.2. The number of hydrogen-bond acceptors (Lipinski definition) is 6. The Kier molecular flexibility index (Phi) is 5.60. The maximum Gasteiger partial charge on any atom is 0.224 e. The second kappa shape index (κ2) is 8.33. The zero-order valence-corrected chi connectivity index (χ0v) is 17.4. The van der Waals surface area contributed by atoms with E-state index < -0.39 is 0 Å². The number of nitrogens with zero attached hydrogens (tertiary/aromatic N) is 3. The molecule has 0 saturated heterocycles. The van der Waals surface area contributed by atoms with E-state index in [0.717, 1.165) is 31.2 Å². The van der Waals surface area contributed by atoms with Gasteiger partial charge in [-0.05, 0) is 48.1 Å². The van der Waals surface area contributed by atoms with Crippen molar-refractivity contribution in [2.75, 3.05) is 17.2 Å². The van der Waals surface area contributed by atoms with Gasteiger partial charge in [0.05, 0.1) is 12.3 Å². The fourth-order valence-electron chi connectivity index (χ4n) is 4.27. The van der Waals surface area contributed by atoms with Gasteiger partial charge in [-0.3, -0.25) is 0 Å². The van der Waals surface area contributed by atoms with Crippen LogP contribution < -0.4 is 10.6 Å². The van der Waals surface area contributed by atoms with Crippen LogP contribution in [-0.2, 0) is 6.42 Å². The van der Waals surface area contributed by atoms with E-state index in [1.807, 2.05) is 6.20 Å². The third-order valence-corrected chi connectivity index (χ3v) is 6.06. The first-order valence-corrected chi connectivity index (χ1v) is 10.5. The number of aliphatic hydroxyl groups excluding tert-OH is 1. The molecule has 30 heavy (non-hydrogen) atoms. The van der Waals surface area contributed by atoms with E-state index in [1.165, 1.54) is 10.9 Å². The zero-order valence-electron chi connectivity index (χ0n) is 17.4. The number of rotatable bonds is 6. The molecule has 4 rings (SSSR count). The van der Waals surface area contributed by atoms with Crippen molar-refractivity contribution in [2.45, 2.75) is 51.7 Å². The number of fused-ring (bicyclic) bond motifs is 1. The van der Waals surface area contributed by atoms with Crippen LogP contribution in [-0.4, -0.2) is 38.7 Å². The number of hydrogen-bond donors (Lipinski definition) is 4. The van der Waals surface area contributed by atoms with Gasteiger partial charge in [-0.25, -0.2) is 4.98 Å². The molecule has 2 atom stereocenters. The van der Waals surface area contributed by atoms with Gasteiger partial charge in [0.2, 0.25) is 5.95 Å². The summed E-state index contributed by atoms with van der Waals surface area (Å²) < 4.78 is 0. The number of H-pyrrole nitrogens is 1. The van der Waals surface area contributed by atoms with Gasteiger partial charge in [-0.15, -0.1) is 0 Å². The van der Waals surface area contributed by atoms with Crippen LogP contribution >= 0.6 is 0 Å². The van der Waals surface area contributed by atoms with E-state index in [-0.39, 0.29) is 19.0 Å². The van der Waals surface area contributed by atoms with Crippen molar-refractivity contribution in [3.8, 4) is 6.07 Å². The molecule has 1 fully saturated rings. The number of aliphatic hydroxyl groups is 1. The number of nitriles is 1. The molecule has 3 aromatic rings. The van der Waals surface area contributed by atoms with Crippen LogP contribution in [0, 0.1) is 16.7 Å². The lowest BCUT2D eigenvalue weighted by atomic mass is 9.73. The number of para-hydroxylation sites is 1. The monoisotopic (exact) mass is 406 g/mol. The van der Waals surface area contributed by atoms with Crippen molar-refractivity contribution in [3.05, 3.63) is 47.8 Å². The molecule has 1 saturated carbocycles. The predicted molar refractivity (Wildman–Crippen MR) is 120 cm³/mol. The Morgan fingerprint density at radius 3 is 3.00 bits per heavy atom. The second-order valence-corrected chi connectivity index (χ2v) is 8.73. The molecule has 2 heterocycles. The van der Waals surface area contributed by atoms with Crippen molar-refractivity contribution in [2.24, 2.45) is 5.41 Å². The summed E-state index contributed by atoms with van der Waals surface area (Å²) in [6, 6.07) is 10.7. The van der Waals surface area contributed by atoms with Gasteiger partial charge in [0, 0.05) is 25.7 Å². The highest BCUT2D eigenvalue weighted by molar-refractivity contribution is 5.82. The highest BCUT2D eigenvalue weighted by Gasteiger charge is 2.35. The molecule has 1 aliphatic rings.